The third-order valence-electron chi connectivity index (χ3n) is 5.50. The number of aliphatic carboxylic acids is 1. The number of carboxylic acid groups (broad SMARTS) is 1. The first kappa shape index (κ1) is 20.2. The molecule has 0 spiro atoms. The first-order valence-electron chi connectivity index (χ1n) is 9.77. The minimum atomic E-state index is -0.895. The molecule has 1 saturated heterocycles. The van der Waals surface area contributed by atoms with Gasteiger partial charge < -0.3 is 20.5 Å². The summed E-state index contributed by atoms with van der Waals surface area (Å²) in [6.45, 7) is 4.54. The third kappa shape index (κ3) is 5.03. The van der Waals surface area contributed by atoms with Crippen LogP contribution < -0.4 is 15.4 Å². The minimum absolute atomic E-state index is 0.0184. The number of hydrogen-bond acceptors (Lipinski definition) is 4. The highest BCUT2D eigenvalue weighted by molar-refractivity contribution is 5.80. The number of ether oxygens (including phenoxy) is 1. The topological polar surface area (TPSA) is 105 Å². The molecule has 2 amide bonds. The Kier molecular flexibility index (Phi) is 5.63. The molecule has 0 aliphatic carbocycles. The van der Waals surface area contributed by atoms with E-state index >= 15 is 0 Å². The fourth-order valence-corrected chi connectivity index (χ4v) is 4.03. The van der Waals surface area contributed by atoms with Crippen LogP contribution in [0, 0.1) is 0 Å². The second kappa shape index (κ2) is 7.81. The molecule has 0 radical (unpaired) electrons. The molecule has 1 aromatic rings. The summed E-state index contributed by atoms with van der Waals surface area (Å²) in [4.78, 5) is 34.8. The molecule has 0 unspecified atom stereocenters. The van der Waals surface area contributed by atoms with Crippen LogP contribution >= 0.6 is 0 Å². The summed E-state index contributed by atoms with van der Waals surface area (Å²) in [5.41, 5.74) is 1.39. The van der Waals surface area contributed by atoms with Gasteiger partial charge in [0.15, 0.2) is 0 Å². The summed E-state index contributed by atoms with van der Waals surface area (Å²) < 4.78 is 5.87. The lowest BCUT2D eigenvalue weighted by molar-refractivity contribution is -0.137. The molecule has 0 aromatic heterocycles. The minimum Gasteiger partial charge on any atom is -0.487 e. The van der Waals surface area contributed by atoms with E-state index in [1.165, 1.54) is 0 Å². The normalized spacial score (nSPS) is 22.3. The molecule has 1 fully saturated rings. The molecule has 1 aromatic carbocycles. The maximum atomic E-state index is 12.3. The van der Waals surface area contributed by atoms with Crippen LogP contribution in [0.5, 0.6) is 5.75 Å². The predicted octanol–water partition coefficient (Wildman–Crippen LogP) is 2.31. The Morgan fingerprint density at radius 1 is 1.25 bits per heavy atom. The Bertz CT molecular complexity index is 789. The van der Waals surface area contributed by atoms with Crippen molar-refractivity contribution in [2.75, 3.05) is 0 Å². The lowest BCUT2D eigenvalue weighted by Crippen LogP contribution is -2.43. The van der Waals surface area contributed by atoms with Crippen molar-refractivity contribution in [2.24, 2.45) is 0 Å². The van der Waals surface area contributed by atoms with Gasteiger partial charge in [-0.15, -0.1) is 0 Å². The van der Waals surface area contributed by atoms with Gasteiger partial charge in [-0.3, -0.25) is 14.4 Å². The lowest BCUT2D eigenvalue weighted by atomic mass is 9.86. The van der Waals surface area contributed by atoms with Gasteiger partial charge in [0, 0.05) is 37.8 Å². The van der Waals surface area contributed by atoms with Gasteiger partial charge in [0.1, 0.15) is 11.4 Å². The number of amides is 2. The van der Waals surface area contributed by atoms with E-state index in [0.29, 0.717) is 32.2 Å². The van der Waals surface area contributed by atoms with E-state index in [-0.39, 0.29) is 30.3 Å². The zero-order chi connectivity index (χ0) is 20.4. The first-order valence-corrected chi connectivity index (χ1v) is 9.77. The Morgan fingerprint density at radius 2 is 2.00 bits per heavy atom. The smallest absolute Gasteiger partial charge is 0.303 e. The van der Waals surface area contributed by atoms with E-state index in [9.17, 15) is 14.4 Å². The average molecular weight is 388 g/mol. The van der Waals surface area contributed by atoms with Crippen molar-refractivity contribution in [3.8, 4) is 5.75 Å². The maximum Gasteiger partial charge on any atom is 0.303 e. The van der Waals surface area contributed by atoms with Crippen LogP contribution in [0.15, 0.2) is 18.2 Å². The fraction of sp³-hybridized carbons (Fsp3) is 0.571. The number of nitrogens with one attached hydrogen (secondary N) is 2. The van der Waals surface area contributed by atoms with Crippen molar-refractivity contribution in [2.45, 2.75) is 76.5 Å². The van der Waals surface area contributed by atoms with Crippen molar-refractivity contribution in [3.05, 3.63) is 29.3 Å². The highest BCUT2D eigenvalue weighted by Crippen LogP contribution is 2.35. The van der Waals surface area contributed by atoms with Crippen LogP contribution in [-0.4, -0.2) is 34.0 Å². The molecule has 7 heteroatoms. The SMILES string of the molecule is CC1(C)Cc2cc(CNC(=O)CC[C@]3(CCC(=O)O)CCC(=O)N3)ccc2O1. The number of rotatable bonds is 8. The van der Waals surface area contributed by atoms with Crippen molar-refractivity contribution < 1.29 is 24.2 Å². The molecule has 28 heavy (non-hydrogen) atoms. The fourth-order valence-electron chi connectivity index (χ4n) is 4.03. The zero-order valence-electron chi connectivity index (χ0n) is 16.5. The third-order valence-corrected chi connectivity index (χ3v) is 5.50. The predicted molar refractivity (Wildman–Crippen MR) is 103 cm³/mol. The molecule has 1 atom stereocenters. The molecular weight excluding hydrogens is 360 g/mol. The van der Waals surface area contributed by atoms with Crippen molar-refractivity contribution in [1.29, 1.82) is 0 Å². The summed E-state index contributed by atoms with van der Waals surface area (Å²) in [5, 5.41) is 14.8. The van der Waals surface area contributed by atoms with Crippen molar-refractivity contribution in [1.82, 2.24) is 10.6 Å². The Morgan fingerprint density at radius 3 is 2.68 bits per heavy atom. The quantitative estimate of drug-likeness (QED) is 0.634. The van der Waals surface area contributed by atoms with Gasteiger partial charge in [-0.2, -0.15) is 0 Å². The van der Waals surface area contributed by atoms with Crippen LogP contribution in [0.25, 0.3) is 0 Å². The number of benzene rings is 1. The molecule has 0 saturated carbocycles. The van der Waals surface area contributed by atoms with Crippen LogP contribution in [0.4, 0.5) is 0 Å². The standard InChI is InChI=1S/C21H28N2O5/c1-20(2)12-15-11-14(3-4-16(15)28-20)13-22-17(24)5-8-21(10-7-19(26)27)9-6-18(25)23-21/h3-4,11H,5-10,12-13H2,1-2H3,(H,22,24)(H,23,25)(H,26,27)/t21-/m1/s1. The van der Waals surface area contributed by atoms with Gasteiger partial charge in [0.2, 0.25) is 11.8 Å². The molecule has 2 heterocycles. The van der Waals surface area contributed by atoms with Gasteiger partial charge in [-0.1, -0.05) is 12.1 Å². The van der Waals surface area contributed by atoms with Crippen LogP contribution in [0.2, 0.25) is 0 Å². The molecule has 7 nitrogen and oxygen atoms in total. The van der Waals surface area contributed by atoms with Crippen molar-refractivity contribution >= 4 is 17.8 Å². The second-order valence-corrected chi connectivity index (χ2v) is 8.48. The average Bonchev–Trinajstić information content (AvgIpc) is 3.14. The number of hydrogen-bond donors (Lipinski definition) is 3. The number of carbonyl (C=O) groups excluding carboxylic acids is 2. The zero-order valence-corrected chi connectivity index (χ0v) is 16.5. The van der Waals surface area contributed by atoms with E-state index in [1.807, 2.05) is 12.1 Å². The Hall–Kier alpha value is -2.57. The highest BCUT2D eigenvalue weighted by atomic mass is 16.5. The summed E-state index contributed by atoms with van der Waals surface area (Å²) in [7, 11) is 0. The molecule has 0 bridgehead atoms. The molecule has 2 aliphatic heterocycles. The van der Waals surface area contributed by atoms with Crippen LogP contribution in [0.1, 0.15) is 63.5 Å². The molecular formula is C21H28N2O5. The van der Waals surface area contributed by atoms with Gasteiger partial charge in [-0.25, -0.2) is 0 Å². The highest BCUT2D eigenvalue weighted by Gasteiger charge is 2.37. The van der Waals surface area contributed by atoms with Crippen molar-refractivity contribution in [3.63, 3.8) is 0 Å². The Balaban J connectivity index is 1.50. The van der Waals surface area contributed by atoms with Gasteiger partial charge in [-0.05, 0) is 50.3 Å². The molecule has 3 N–H and O–H groups in total. The number of carboxylic acids is 1. The first-order chi connectivity index (χ1) is 13.2. The van der Waals surface area contributed by atoms with Crippen LogP contribution in [0.3, 0.4) is 0 Å². The Labute approximate surface area is 164 Å². The van der Waals surface area contributed by atoms with E-state index in [1.54, 1.807) is 0 Å². The van der Waals surface area contributed by atoms with E-state index in [0.717, 1.165) is 23.3 Å². The maximum absolute atomic E-state index is 12.3. The molecule has 2 aliphatic rings. The monoisotopic (exact) mass is 388 g/mol. The molecule has 152 valence electrons. The largest absolute Gasteiger partial charge is 0.487 e. The molecule has 3 rings (SSSR count). The van der Waals surface area contributed by atoms with Crippen LogP contribution in [-0.2, 0) is 27.3 Å². The van der Waals surface area contributed by atoms with Gasteiger partial charge in [0.25, 0.3) is 0 Å². The van der Waals surface area contributed by atoms with Gasteiger partial charge in [0.05, 0.1) is 0 Å². The second-order valence-electron chi connectivity index (χ2n) is 8.48. The summed E-state index contributed by atoms with van der Waals surface area (Å²) in [5.74, 6) is -0.173. The lowest BCUT2D eigenvalue weighted by Gasteiger charge is -2.28. The van der Waals surface area contributed by atoms with E-state index in [4.69, 9.17) is 9.84 Å². The summed E-state index contributed by atoms with van der Waals surface area (Å²) in [6, 6.07) is 5.96. The summed E-state index contributed by atoms with van der Waals surface area (Å²) >= 11 is 0. The summed E-state index contributed by atoms with van der Waals surface area (Å²) in [6.07, 6.45) is 2.83. The van der Waals surface area contributed by atoms with E-state index in [2.05, 4.69) is 30.5 Å². The van der Waals surface area contributed by atoms with Gasteiger partial charge >= 0.3 is 5.97 Å². The number of fused-ring (bicyclic) bond motifs is 1. The van der Waals surface area contributed by atoms with E-state index < -0.39 is 11.5 Å². The number of carbonyl (C=O) groups is 3.